The molecule has 8 heteroatoms. The van der Waals surface area contributed by atoms with E-state index < -0.39 is 10.6 Å². The van der Waals surface area contributed by atoms with Crippen molar-refractivity contribution in [2.24, 2.45) is 0 Å². The van der Waals surface area contributed by atoms with Crippen molar-refractivity contribution in [3.8, 4) is 17.0 Å². The Morgan fingerprint density at radius 2 is 2.04 bits per heavy atom. The van der Waals surface area contributed by atoms with Gasteiger partial charge in [-0.2, -0.15) is 18.6 Å². The molecule has 0 aliphatic carbocycles. The Kier molecular flexibility index (Phi) is 4.53. The van der Waals surface area contributed by atoms with Crippen molar-refractivity contribution < 1.29 is 18.3 Å². The molecule has 3 heterocycles. The van der Waals surface area contributed by atoms with Gasteiger partial charge in [0.15, 0.2) is 0 Å². The van der Waals surface area contributed by atoms with Gasteiger partial charge in [0, 0.05) is 59.6 Å². The second-order valence-electron chi connectivity index (χ2n) is 6.62. The number of aromatic nitrogens is 2. The smallest absolute Gasteiger partial charge is 0.401 e. The molecule has 0 atom stereocenters. The average Bonchev–Trinajstić information content (AvgIpc) is 3.08. The third-order valence-corrected chi connectivity index (χ3v) is 5.43. The Labute approximate surface area is 159 Å². The number of nitrogens with zero attached hydrogens (tertiary/aromatic N) is 3. The number of alkyl halides is 3. The van der Waals surface area contributed by atoms with Crippen molar-refractivity contribution in [3.63, 3.8) is 0 Å². The van der Waals surface area contributed by atoms with Gasteiger partial charge in [0.2, 0.25) is 0 Å². The molecule has 140 valence electrons. The monoisotopic (exact) mass is 427 g/mol. The Morgan fingerprint density at radius 3 is 2.73 bits per heavy atom. The lowest BCUT2D eigenvalue weighted by molar-refractivity contribution is -0.0439. The molecule has 4 rings (SSSR count). The molecule has 2 aliphatic heterocycles. The number of hydrogen-bond donors (Lipinski definition) is 0. The Morgan fingerprint density at radius 1 is 1.31 bits per heavy atom. The number of ether oxygens (including phenoxy) is 2. The van der Waals surface area contributed by atoms with E-state index in [2.05, 4.69) is 25.9 Å². The van der Waals surface area contributed by atoms with E-state index in [4.69, 9.17) is 9.47 Å². The predicted octanol–water partition coefficient (Wildman–Crippen LogP) is 4.13. The Balaban J connectivity index is 1.74. The second-order valence-corrected chi connectivity index (χ2v) is 7.57. The molecular weight excluding hydrogens is 408 g/mol. The van der Waals surface area contributed by atoms with Crippen molar-refractivity contribution >= 4 is 15.9 Å². The maximum absolute atomic E-state index is 14.1. The second kappa shape index (κ2) is 6.58. The van der Waals surface area contributed by atoms with E-state index in [0.717, 1.165) is 23.3 Å². The van der Waals surface area contributed by atoms with Crippen LogP contribution in [-0.4, -0.2) is 41.1 Å². The lowest BCUT2D eigenvalue weighted by atomic mass is 9.81. The SMILES string of the molecule is CCOCN1CCC2(CC1)Oc1ccccc1-c1c2cnn1C(F)(F)Br. The molecular formula is C18H20BrF2N3O2. The fourth-order valence-corrected chi connectivity index (χ4v) is 4.05. The largest absolute Gasteiger partial charge is 0.482 e. The number of para-hydroxylation sites is 1. The quantitative estimate of drug-likeness (QED) is 0.687. The van der Waals surface area contributed by atoms with Gasteiger partial charge < -0.3 is 9.47 Å². The molecule has 0 bridgehead atoms. The topological polar surface area (TPSA) is 39.5 Å². The predicted molar refractivity (Wildman–Crippen MR) is 96.4 cm³/mol. The van der Waals surface area contributed by atoms with E-state index >= 15 is 0 Å². The van der Waals surface area contributed by atoms with Gasteiger partial charge in [0.25, 0.3) is 0 Å². The highest BCUT2D eigenvalue weighted by molar-refractivity contribution is 9.09. The minimum absolute atomic E-state index is 0.423. The molecule has 1 aromatic heterocycles. The fraction of sp³-hybridized carbons (Fsp3) is 0.500. The first-order chi connectivity index (χ1) is 12.4. The van der Waals surface area contributed by atoms with Crippen LogP contribution in [0.15, 0.2) is 30.5 Å². The lowest BCUT2D eigenvalue weighted by Gasteiger charge is -2.44. The van der Waals surface area contributed by atoms with Gasteiger partial charge in [-0.15, -0.1) is 0 Å². The summed E-state index contributed by atoms with van der Waals surface area (Å²) in [6.45, 7) is 4.76. The molecule has 1 aromatic carbocycles. The van der Waals surface area contributed by atoms with Crippen LogP contribution in [0.5, 0.6) is 5.75 Å². The number of likely N-dealkylation sites (tertiary alicyclic amines) is 1. The van der Waals surface area contributed by atoms with E-state index in [1.54, 1.807) is 6.07 Å². The third-order valence-electron chi connectivity index (χ3n) is 5.09. The summed E-state index contributed by atoms with van der Waals surface area (Å²) in [5.74, 6) is 0.622. The van der Waals surface area contributed by atoms with Crippen LogP contribution >= 0.6 is 15.9 Å². The standard InChI is InChI=1S/C18H20BrF2N3O2/c1-2-25-12-23-9-7-17(8-10-23)14-11-22-24(18(19,20)21)16(14)13-5-3-4-6-15(13)26-17/h3-6,11H,2,7-10,12H2,1H3. The minimum atomic E-state index is -3.26. The number of hydrogen-bond acceptors (Lipinski definition) is 4. The van der Waals surface area contributed by atoms with E-state index in [1.807, 2.05) is 25.1 Å². The first-order valence-corrected chi connectivity index (χ1v) is 9.48. The van der Waals surface area contributed by atoms with Gasteiger partial charge in [-0.05, 0) is 19.1 Å². The molecule has 0 saturated carbocycles. The fourth-order valence-electron chi connectivity index (χ4n) is 3.79. The van der Waals surface area contributed by atoms with Crippen LogP contribution in [0.3, 0.4) is 0 Å². The molecule has 5 nitrogen and oxygen atoms in total. The molecule has 2 aromatic rings. The third kappa shape index (κ3) is 2.93. The van der Waals surface area contributed by atoms with Crippen molar-refractivity contribution in [1.29, 1.82) is 0 Å². The van der Waals surface area contributed by atoms with Crippen LogP contribution < -0.4 is 4.74 Å². The van der Waals surface area contributed by atoms with Crippen LogP contribution in [0.1, 0.15) is 25.3 Å². The number of benzene rings is 1. The normalized spacial score (nSPS) is 19.1. The summed E-state index contributed by atoms with van der Waals surface area (Å²) in [6.07, 6.45) is 2.92. The Hall–Kier alpha value is -1.51. The summed E-state index contributed by atoms with van der Waals surface area (Å²) in [7, 11) is 0. The van der Waals surface area contributed by atoms with E-state index in [1.165, 1.54) is 6.20 Å². The number of rotatable bonds is 4. The number of halogens is 3. The van der Waals surface area contributed by atoms with Crippen LogP contribution in [0, 0.1) is 0 Å². The maximum Gasteiger partial charge on any atom is 0.401 e. The van der Waals surface area contributed by atoms with Gasteiger partial charge in [-0.3, -0.25) is 4.90 Å². The van der Waals surface area contributed by atoms with Gasteiger partial charge in [0.1, 0.15) is 11.4 Å². The maximum atomic E-state index is 14.1. The molecule has 1 saturated heterocycles. The molecule has 0 unspecified atom stereocenters. The zero-order valence-corrected chi connectivity index (χ0v) is 16.0. The number of fused-ring (bicyclic) bond motifs is 4. The molecule has 0 amide bonds. The zero-order valence-electron chi connectivity index (χ0n) is 14.4. The summed E-state index contributed by atoms with van der Waals surface area (Å²) in [6, 6.07) is 7.30. The molecule has 26 heavy (non-hydrogen) atoms. The van der Waals surface area contributed by atoms with Crippen LogP contribution in [0.4, 0.5) is 8.78 Å². The first kappa shape index (κ1) is 17.9. The average molecular weight is 428 g/mol. The van der Waals surface area contributed by atoms with Crippen molar-refractivity contribution in [1.82, 2.24) is 14.7 Å². The Bertz CT molecular complexity index is 798. The molecule has 2 aliphatic rings. The molecule has 0 radical (unpaired) electrons. The van der Waals surface area contributed by atoms with Crippen molar-refractivity contribution in [2.45, 2.75) is 30.3 Å². The van der Waals surface area contributed by atoms with Crippen molar-refractivity contribution in [2.75, 3.05) is 26.4 Å². The minimum Gasteiger partial charge on any atom is -0.482 e. The summed E-state index contributed by atoms with van der Waals surface area (Å²) in [5, 5.41) is 3.99. The van der Waals surface area contributed by atoms with Crippen molar-refractivity contribution in [3.05, 3.63) is 36.0 Å². The van der Waals surface area contributed by atoms with Gasteiger partial charge in [-0.25, -0.2) is 0 Å². The van der Waals surface area contributed by atoms with Crippen LogP contribution in [0.25, 0.3) is 11.3 Å². The lowest BCUT2D eigenvalue weighted by Crippen LogP contribution is -2.47. The van der Waals surface area contributed by atoms with Gasteiger partial charge in [-0.1, -0.05) is 12.1 Å². The summed E-state index contributed by atoms with van der Waals surface area (Å²) in [4.78, 5) is -1.05. The molecule has 0 N–H and O–H groups in total. The highest BCUT2D eigenvalue weighted by Gasteiger charge is 2.47. The molecule has 1 spiro atoms. The highest BCUT2D eigenvalue weighted by Crippen LogP contribution is 2.51. The zero-order chi connectivity index (χ0) is 18.4. The van der Waals surface area contributed by atoms with Crippen LogP contribution in [-0.2, 0) is 15.3 Å². The van der Waals surface area contributed by atoms with Gasteiger partial charge >= 0.3 is 4.96 Å². The highest BCUT2D eigenvalue weighted by atomic mass is 79.9. The van der Waals surface area contributed by atoms with E-state index in [-0.39, 0.29) is 0 Å². The molecule has 1 fully saturated rings. The summed E-state index contributed by atoms with van der Waals surface area (Å²) >= 11 is 2.45. The first-order valence-electron chi connectivity index (χ1n) is 8.69. The number of piperidine rings is 1. The van der Waals surface area contributed by atoms with E-state index in [0.29, 0.717) is 43.2 Å². The summed E-state index contributed by atoms with van der Waals surface area (Å²) in [5.41, 5.74) is 1.16. The van der Waals surface area contributed by atoms with Crippen LogP contribution in [0.2, 0.25) is 0 Å². The van der Waals surface area contributed by atoms with Gasteiger partial charge in [0.05, 0.1) is 18.6 Å². The summed E-state index contributed by atoms with van der Waals surface area (Å²) < 4.78 is 40.8. The van der Waals surface area contributed by atoms with E-state index in [9.17, 15) is 8.78 Å².